The summed E-state index contributed by atoms with van der Waals surface area (Å²) < 4.78 is 12.3. The predicted octanol–water partition coefficient (Wildman–Crippen LogP) is 4.82. The molecule has 2 rings (SSSR count). The summed E-state index contributed by atoms with van der Waals surface area (Å²) in [4.78, 5) is 0. The lowest BCUT2D eigenvalue weighted by molar-refractivity contribution is 0.292. The molecule has 2 aromatic rings. The molecular formula is C22H33BrN2O2. The van der Waals surface area contributed by atoms with Gasteiger partial charge in [-0.25, -0.2) is 0 Å². The fourth-order valence-corrected chi connectivity index (χ4v) is 3.27. The molecule has 5 heteroatoms. The normalized spacial score (nSPS) is 12.6. The van der Waals surface area contributed by atoms with Crippen molar-refractivity contribution in [3.05, 3.63) is 57.1 Å². The molecule has 0 fully saturated rings. The molecule has 0 amide bonds. The van der Waals surface area contributed by atoms with Crippen LogP contribution in [0.1, 0.15) is 36.1 Å². The van der Waals surface area contributed by atoms with Gasteiger partial charge in [-0.2, -0.15) is 0 Å². The maximum absolute atomic E-state index is 5.64. The summed E-state index contributed by atoms with van der Waals surface area (Å²) >= 11 is 3.45. The molecule has 0 radical (unpaired) electrons. The minimum absolute atomic E-state index is 0.0671. The number of aryl methyl sites for hydroxylation is 4. The summed E-state index contributed by atoms with van der Waals surface area (Å²) in [6.45, 7) is 13.2. The van der Waals surface area contributed by atoms with Crippen LogP contribution in [0.3, 0.4) is 0 Å². The Balaban J connectivity index is 0.000000271. The zero-order valence-electron chi connectivity index (χ0n) is 17.3. The van der Waals surface area contributed by atoms with E-state index in [2.05, 4.69) is 15.9 Å². The fraction of sp³-hybridized carbons (Fsp3) is 0.455. The van der Waals surface area contributed by atoms with E-state index >= 15 is 0 Å². The smallest absolute Gasteiger partial charge is 0.125 e. The van der Waals surface area contributed by atoms with Crippen LogP contribution >= 0.6 is 15.9 Å². The van der Waals surface area contributed by atoms with Gasteiger partial charge in [0.1, 0.15) is 24.7 Å². The number of para-hydroxylation sites is 1. The van der Waals surface area contributed by atoms with Gasteiger partial charge in [-0.05, 0) is 75.9 Å². The monoisotopic (exact) mass is 436 g/mol. The predicted molar refractivity (Wildman–Crippen MR) is 118 cm³/mol. The van der Waals surface area contributed by atoms with E-state index in [0.29, 0.717) is 13.2 Å². The Morgan fingerprint density at radius 3 is 1.52 bits per heavy atom. The van der Waals surface area contributed by atoms with Crippen LogP contribution in [-0.4, -0.2) is 25.3 Å². The van der Waals surface area contributed by atoms with Crippen molar-refractivity contribution >= 4 is 15.9 Å². The van der Waals surface area contributed by atoms with Gasteiger partial charge in [0.2, 0.25) is 0 Å². The van der Waals surface area contributed by atoms with Gasteiger partial charge in [0, 0.05) is 16.6 Å². The third-order valence-electron chi connectivity index (χ3n) is 3.81. The average molecular weight is 437 g/mol. The van der Waals surface area contributed by atoms with Crippen molar-refractivity contribution in [3.8, 4) is 11.5 Å². The molecule has 150 valence electrons. The highest BCUT2D eigenvalue weighted by molar-refractivity contribution is 9.10. The van der Waals surface area contributed by atoms with Crippen LogP contribution in [0, 0.1) is 27.7 Å². The van der Waals surface area contributed by atoms with Gasteiger partial charge in [0.15, 0.2) is 0 Å². The van der Waals surface area contributed by atoms with Gasteiger partial charge in [-0.1, -0.05) is 34.1 Å². The van der Waals surface area contributed by atoms with Gasteiger partial charge in [-0.15, -0.1) is 0 Å². The standard InChI is InChI=1S/C11H16BrNO.C11H17NO/c1-7-4-10(12)5-8(2)11(7)14-6-9(3)13;1-8-5-4-6-9(2)11(8)13-7-10(3)12/h4-5,9H,6,13H2,1-3H3;4-6,10H,7,12H2,1-3H3. The quantitative estimate of drug-likeness (QED) is 0.680. The number of halogens is 1. The number of benzene rings is 2. The largest absolute Gasteiger partial charge is 0.491 e. The van der Waals surface area contributed by atoms with Crippen LogP contribution in [-0.2, 0) is 0 Å². The molecule has 2 atom stereocenters. The van der Waals surface area contributed by atoms with Gasteiger partial charge in [0.05, 0.1) is 0 Å². The van der Waals surface area contributed by atoms with Crippen LogP contribution in [0.5, 0.6) is 11.5 Å². The van der Waals surface area contributed by atoms with Crippen molar-refractivity contribution in [1.29, 1.82) is 0 Å². The first-order chi connectivity index (χ1) is 12.6. The third-order valence-corrected chi connectivity index (χ3v) is 4.27. The molecule has 0 aliphatic rings. The SMILES string of the molecule is Cc1cc(Br)cc(C)c1OCC(C)N.Cc1cccc(C)c1OCC(C)N. The van der Waals surface area contributed by atoms with E-state index in [0.717, 1.165) is 27.1 Å². The molecule has 0 aliphatic carbocycles. The topological polar surface area (TPSA) is 70.5 Å². The van der Waals surface area contributed by atoms with Crippen LogP contribution in [0.4, 0.5) is 0 Å². The summed E-state index contributed by atoms with van der Waals surface area (Å²) in [6, 6.07) is 10.4. The summed E-state index contributed by atoms with van der Waals surface area (Å²) in [5, 5.41) is 0. The Hall–Kier alpha value is -1.56. The van der Waals surface area contributed by atoms with Gasteiger partial charge >= 0.3 is 0 Å². The van der Waals surface area contributed by atoms with Crippen LogP contribution in [0.25, 0.3) is 0 Å². The molecule has 2 aromatic carbocycles. The molecule has 0 aliphatic heterocycles. The maximum Gasteiger partial charge on any atom is 0.125 e. The lowest BCUT2D eigenvalue weighted by Crippen LogP contribution is -2.24. The van der Waals surface area contributed by atoms with Crippen molar-refractivity contribution in [2.75, 3.05) is 13.2 Å². The van der Waals surface area contributed by atoms with E-state index in [-0.39, 0.29) is 12.1 Å². The van der Waals surface area contributed by atoms with E-state index in [1.54, 1.807) is 0 Å². The molecule has 4 N–H and O–H groups in total. The molecule has 4 nitrogen and oxygen atoms in total. The number of rotatable bonds is 6. The average Bonchev–Trinajstić information content (AvgIpc) is 2.53. The second-order valence-electron chi connectivity index (χ2n) is 7.17. The van der Waals surface area contributed by atoms with Crippen LogP contribution in [0.2, 0.25) is 0 Å². The van der Waals surface area contributed by atoms with E-state index in [4.69, 9.17) is 20.9 Å². The minimum Gasteiger partial charge on any atom is -0.491 e. The molecule has 0 saturated carbocycles. The fourth-order valence-electron chi connectivity index (χ4n) is 2.58. The Morgan fingerprint density at radius 1 is 0.778 bits per heavy atom. The third kappa shape index (κ3) is 8.33. The van der Waals surface area contributed by atoms with Crippen molar-refractivity contribution in [2.24, 2.45) is 11.5 Å². The van der Waals surface area contributed by atoms with E-state index in [1.165, 1.54) is 11.1 Å². The Bertz CT molecular complexity index is 687. The maximum atomic E-state index is 5.64. The lowest BCUT2D eigenvalue weighted by Gasteiger charge is -2.14. The Labute approximate surface area is 172 Å². The molecule has 0 aromatic heterocycles. The number of hydrogen-bond donors (Lipinski definition) is 2. The van der Waals surface area contributed by atoms with Crippen LogP contribution < -0.4 is 20.9 Å². The molecule has 0 spiro atoms. The zero-order valence-corrected chi connectivity index (χ0v) is 18.9. The molecule has 27 heavy (non-hydrogen) atoms. The first kappa shape index (κ1) is 23.5. The van der Waals surface area contributed by atoms with Crippen molar-refractivity contribution in [2.45, 2.75) is 53.6 Å². The van der Waals surface area contributed by atoms with Crippen molar-refractivity contribution in [3.63, 3.8) is 0 Å². The highest BCUT2D eigenvalue weighted by Crippen LogP contribution is 2.27. The van der Waals surface area contributed by atoms with E-state index in [9.17, 15) is 0 Å². The van der Waals surface area contributed by atoms with Gasteiger partial charge in [-0.3, -0.25) is 0 Å². The first-order valence-corrected chi connectivity index (χ1v) is 10.0. The minimum atomic E-state index is 0.0671. The second kappa shape index (κ2) is 11.3. The highest BCUT2D eigenvalue weighted by atomic mass is 79.9. The van der Waals surface area contributed by atoms with Gasteiger partial charge < -0.3 is 20.9 Å². The number of ether oxygens (including phenoxy) is 2. The number of nitrogens with two attached hydrogens (primary N) is 2. The van der Waals surface area contributed by atoms with Crippen LogP contribution in [0.15, 0.2) is 34.8 Å². The van der Waals surface area contributed by atoms with Gasteiger partial charge in [0.25, 0.3) is 0 Å². The first-order valence-electron chi connectivity index (χ1n) is 9.21. The molecule has 0 bridgehead atoms. The summed E-state index contributed by atoms with van der Waals surface area (Å²) in [7, 11) is 0. The summed E-state index contributed by atoms with van der Waals surface area (Å²) in [5.74, 6) is 1.92. The van der Waals surface area contributed by atoms with E-state index < -0.39 is 0 Å². The Kier molecular flexibility index (Phi) is 9.84. The molecular weight excluding hydrogens is 404 g/mol. The number of hydrogen-bond acceptors (Lipinski definition) is 4. The summed E-state index contributed by atoms with van der Waals surface area (Å²) in [6.07, 6.45) is 0. The lowest BCUT2D eigenvalue weighted by atomic mass is 10.1. The molecule has 0 saturated heterocycles. The highest BCUT2D eigenvalue weighted by Gasteiger charge is 2.06. The molecule has 2 unspecified atom stereocenters. The van der Waals surface area contributed by atoms with Crippen molar-refractivity contribution < 1.29 is 9.47 Å². The van der Waals surface area contributed by atoms with E-state index in [1.807, 2.05) is 71.9 Å². The second-order valence-corrected chi connectivity index (χ2v) is 8.08. The molecule has 0 heterocycles. The van der Waals surface area contributed by atoms with Crippen molar-refractivity contribution in [1.82, 2.24) is 0 Å². The zero-order chi connectivity index (χ0) is 20.6. The summed E-state index contributed by atoms with van der Waals surface area (Å²) in [5.41, 5.74) is 15.9. The Morgan fingerprint density at radius 2 is 1.15 bits per heavy atom.